The number of anilines is 1. The first kappa shape index (κ1) is 20.8. The second-order valence-corrected chi connectivity index (χ2v) is 6.87. The second-order valence-electron chi connectivity index (χ2n) is 6.87. The summed E-state index contributed by atoms with van der Waals surface area (Å²) < 4.78 is 10.7. The van der Waals surface area contributed by atoms with E-state index in [-0.39, 0.29) is 11.6 Å². The molecule has 0 atom stereocenters. The maximum absolute atomic E-state index is 13.4. The van der Waals surface area contributed by atoms with Gasteiger partial charge in [-0.2, -0.15) is 10.1 Å². The molecular weight excluding hydrogens is 410 g/mol. The van der Waals surface area contributed by atoms with Crippen LogP contribution in [-0.2, 0) is 4.79 Å². The number of methoxy groups -OCH3 is 2. The average molecular weight is 429 g/mol. The summed E-state index contributed by atoms with van der Waals surface area (Å²) in [5, 5.41) is 16.8. The van der Waals surface area contributed by atoms with Gasteiger partial charge in [-0.25, -0.2) is 0 Å². The maximum Gasteiger partial charge on any atom is 0.281 e. The highest BCUT2D eigenvalue weighted by Gasteiger charge is 2.32. The Kier molecular flexibility index (Phi) is 5.67. The van der Waals surface area contributed by atoms with Crippen LogP contribution in [0, 0.1) is 10.1 Å². The quantitative estimate of drug-likeness (QED) is 0.328. The van der Waals surface area contributed by atoms with Gasteiger partial charge >= 0.3 is 0 Å². The zero-order valence-electron chi connectivity index (χ0n) is 17.4. The Balaban J connectivity index is 1.81. The molecular formula is C24H19N3O5. The Hall–Kier alpha value is -4.46. The van der Waals surface area contributed by atoms with Crippen molar-refractivity contribution in [3.8, 4) is 11.5 Å². The molecule has 1 aliphatic rings. The van der Waals surface area contributed by atoms with Crippen molar-refractivity contribution >= 4 is 29.1 Å². The van der Waals surface area contributed by atoms with Crippen LogP contribution in [0.4, 0.5) is 11.4 Å². The summed E-state index contributed by atoms with van der Waals surface area (Å²) in [5.41, 5.74) is 2.69. The molecule has 0 saturated heterocycles. The number of hydrogen-bond acceptors (Lipinski definition) is 6. The minimum atomic E-state index is -0.491. The first-order chi connectivity index (χ1) is 15.5. The van der Waals surface area contributed by atoms with Crippen molar-refractivity contribution < 1.29 is 19.2 Å². The van der Waals surface area contributed by atoms with Gasteiger partial charge in [0.1, 0.15) is 17.2 Å². The highest BCUT2D eigenvalue weighted by molar-refractivity contribution is 6.37. The van der Waals surface area contributed by atoms with Crippen molar-refractivity contribution in [2.75, 3.05) is 19.2 Å². The van der Waals surface area contributed by atoms with E-state index in [1.54, 1.807) is 38.5 Å². The number of non-ortho nitro benzene ring substituents is 1. The first-order valence-corrected chi connectivity index (χ1v) is 9.69. The van der Waals surface area contributed by atoms with Crippen LogP contribution in [0.5, 0.6) is 11.5 Å². The fourth-order valence-electron chi connectivity index (χ4n) is 3.34. The summed E-state index contributed by atoms with van der Waals surface area (Å²) in [7, 11) is 3.11. The molecule has 0 radical (unpaired) electrons. The fraction of sp³-hybridized carbons (Fsp3) is 0.0833. The Bertz CT molecular complexity index is 1230. The molecule has 1 heterocycles. The van der Waals surface area contributed by atoms with Gasteiger partial charge in [-0.3, -0.25) is 14.9 Å². The SMILES string of the molecule is COc1ccc(/C=C2\C(=O)N(c3ccc([N+](=O)[O-])cc3)N=C2c2ccccc2)c(OC)c1. The number of rotatable bonds is 6. The number of carbonyl (C=O) groups excluding carboxylic acids is 1. The maximum atomic E-state index is 13.4. The van der Waals surface area contributed by atoms with Crippen LogP contribution in [0.3, 0.4) is 0 Å². The molecule has 160 valence electrons. The van der Waals surface area contributed by atoms with Crippen molar-refractivity contribution in [1.82, 2.24) is 0 Å². The number of hydrazone groups is 1. The topological polar surface area (TPSA) is 94.3 Å². The molecule has 0 aliphatic carbocycles. The van der Waals surface area contributed by atoms with Gasteiger partial charge in [-0.1, -0.05) is 30.3 Å². The van der Waals surface area contributed by atoms with E-state index in [1.165, 1.54) is 29.3 Å². The highest BCUT2D eigenvalue weighted by Crippen LogP contribution is 2.32. The fourth-order valence-corrected chi connectivity index (χ4v) is 3.34. The predicted octanol–water partition coefficient (Wildman–Crippen LogP) is 4.45. The van der Waals surface area contributed by atoms with E-state index in [0.717, 1.165) is 5.56 Å². The number of carbonyl (C=O) groups is 1. The van der Waals surface area contributed by atoms with Crippen molar-refractivity contribution in [2.45, 2.75) is 0 Å². The molecule has 3 aromatic rings. The smallest absolute Gasteiger partial charge is 0.281 e. The normalized spacial score (nSPS) is 14.4. The monoisotopic (exact) mass is 429 g/mol. The molecule has 8 nitrogen and oxygen atoms in total. The lowest BCUT2D eigenvalue weighted by atomic mass is 10.00. The highest BCUT2D eigenvalue weighted by atomic mass is 16.6. The van der Waals surface area contributed by atoms with Crippen molar-refractivity contribution in [1.29, 1.82) is 0 Å². The number of amides is 1. The number of benzene rings is 3. The summed E-state index contributed by atoms with van der Waals surface area (Å²) in [6.07, 6.45) is 1.72. The molecule has 32 heavy (non-hydrogen) atoms. The Morgan fingerprint density at radius 2 is 1.69 bits per heavy atom. The lowest BCUT2D eigenvalue weighted by Crippen LogP contribution is -2.21. The first-order valence-electron chi connectivity index (χ1n) is 9.69. The molecule has 1 amide bonds. The van der Waals surface area contributed by atoms with Crippen molar-refractivity contribution in [2.24, 2.45) is 5.10 Å². The molecule has 0 unspecified atom stereocenters. The van der Waals surface area contributed by atoms with E-state index in [4.69, 9.17) is 9.47 Å². The summed E-state index contributed by atoms with van der Waals surface area (Å²) >= 11 is 0. The number of nitro groups is 1. The molecule has 0 spiro atoms. The van der Waals surface area contributed by atoms with Crippen LogP contribution >= 0.6 is 0 Å². The summed E-state index contributed by atoms with van der Waals surface area (Å²) in [6, 6.07) is 20.3. The zero-order valence-corrected chi connectivity index (χ0v) is 17.4. The largest absolute Gasteiger partial charge is 0.497 e. The number of nitro benzene ring substituents is 1. The minimum absolute atomic E-state index is 0.0635. The van der Waals surface area contributed by atoms with Gasteiger partial charge in [0.2, 0.25) is 0 Å². The van der Waals surface area contributed by atoms with Crippen LogP contribution < -0.4 is 14.5 Å². The lowest BCUT2D eigenvalue weighted by Gasteiger charge is -2.11. The van der Waals surface area contributed by atoms with E-state index in [2.05, 4.69) is 5.10 Å². The molecule has 0 aromatic heterocycles. The van der Waals surface area contributed by atoms with Crippen LogP contribution in [0.2, 0.25) is 0 Å². The van der Waals surface area contributed by atoms with Crippen molar-refractivity contribution in [3.05, 3.63) is 99.6 Å². The summed E-state index contributed by atoms with van der Waals surface area (Å²) in [5.74, 6) is 0.827. The number of nitrogens with zero attached hydrogens (tertiary/aromatic N) is 3. The Morgan fingerprint density at radius 1 is 0.969 bits per heavy atom. The van der Waals surface area contributed by atoms with Crippen molar-refractivity contribution in [3.63, 3.8) is 0 Å². The standard InChI is InChI=1S/C24H19N3O5/c1-31-20-13-8-17(22(15-20)32-2)14-21-23(16-6-4-3-5-7-16)25-26(24(21)28)18-9-11-19(12-10-18)27(29)30/h3-15H,1-2H3/b21-14-. The van der Waals surface area contributed by atoms with Crippen LogP contribution in [-0.4, -0.2) is 30.8 Å². The van der Waals surface area contributed by atoms with Gasteiger partial charge < -0.3 is 9.47 Å². The van der Waals surface area contributed by atoms with Gasteiger partial charge in [-0.15, -0.1) is 0 Å². The summed E-state index contributed by atoms with van der Waals surface area (Å²) in [4.78, 5) is 23.9. The van der Waals surface area contributed by atoms with Crippen LogP contribution in [0.25, 0.3) is 6.08 Å². The summed E-state index contributed by atoms with van der Waals surface area (Å²) in [6.45, 7) is 0. The molecule has 0 fully saturated rings. The molecule has 0 saturated carbocycles. The van der Waals surface area contributed by atoms with E-state index < -0.39 is 4.92 Å². The zero-order chi connectivity index (χ0) is 22.7. The molecule has 1 aliphatic heterocycles. The molecule has 0 N–H and O–H groups in total. The van der Waals surface area contributed by atoms with E-state index in [1.807, 2.05) is 30.3 Å². The van der Waals surface area contributed by atoms with Gasteiger partial charge in [0.15, 0.2) is 0 Å². The van der Waals surface area contributed by atoms with E-state index in [0.29, 0.717) is 34.0 Å². The third kappa shape index (κ3) is 3.93. The van der Waals surface area contributed by atoms with Crippen LogP contribution in [0.15, 0.2) is 83.5 Å². The van der Waals surface area contributed by atoms with Gasteiger partial charge in [-0.05, 0) is 30.3 Å². The van der Waals surface area contributed by atoms with Gasteiger partial charge in [0, 0.05) is 29.3 Å². The average Bonchev–Trinajstić information content (AvgIpc) is 3.15. The second kappa shape index (κ2) is 8.73. The third-order valence-corrected chi connectivity index (χ3v) is 4.97. The van der Waals surface area contributed by atoms with E-state index in [9.17, 15) is 14.9 Å². The Morgan fingerprint density at radius 3 is 2.31 bits per heavy atom. The predicted molar refractivity (Wildman–Crippen MR) is 121 cm³/mol. The molecule has 4 rings (SSSR count). The Labute approximate surface area is 184 Å². The minimum Gasteiger partial charge on any atom is -0.497 e. The van der Waals surface area contributed by atoms with Gasteiger partial charge in [0.25, 0.3) is 11.6 Å². The van der Waals surface area contributed by atoms with E-state index >= 15 is 0 Å². The number of hydrogen-bond donors (Lipinski definition) is 0. The molecule has 0 bridgehead atoms. The number of ether oxygens (including phenoxy) is 2. The lowest BCUT2D eigenvalue weighted by molar-refractivity contribution is -0.384. The molecule has 3 aromatic carbocycles. The van der Waals surface area contributed by atoms with Gasteiger partial charge in [0.05, 0.1) is 30.4 Å². The third-order valence-electron chi connectivity index (χ3n) is 4.97. The molecule has 8 heteroatoms. The van der Waals surface area contributed by atoms with Crippen LogP contribution in [0.1, 0.15) is 11.1 Å².